The smallest absolute Gasteiger partial charge is 0.0195 e. The van der Waals surface area contributed by atoms with E-state index in [1.807, 2.05) is 0 Å². The first-order valence-corrected chi connectivity index (χ1v) is 5.65. The minimum Gasteiger partial charge on any atom is -0.314 e. The van der Waals surface area contributed by atoms with Gasteiger partial charge in [-0.2, -0.15) is 11.8 Å². The molecule has 3 heteroatoms. The predicted octanol–water partition coefficient (Wildman–Crippen LogP) is 0.397. The minimum atomic E-state index is 0.905. The van der Waals surface area contributed by atoms with Crippen molar-refractivity contribution < 1.29 is 0 Å². The molecule has 0 unspecified atom stereocenters. The predicted molar refractivity (Wildman–Crippen MR) is 50.2 cm³/mol. The molecule has 2 fully saturated rings. The molecule has 0 aliphatic carbocycles. The maximum absolute atomic E-state index is 3.39. The number of hydrogen-bond donors (Lipinski definition) is 1. The van der Waals surface area contributed by atoms with E-state index in [0.29, 0.717) is 0 Å². The summed E-state index contributed by atoms with van der Waals surface area (Å²) in [5, 5.41) is 3.39. The van der Waals surface area contributed by atoms with Crippen LogP contribution in [-0.4, -0.2) is 48.6 Å². The van der Waals surface area contributed by atoms with E-state index >= 15 is 0 Å². The van der Waals surface area contributed by atoms with Gasteiger partial charge in [0.1, 0.15) is 0 Å². The Morgan fingerprint density at radius 1 is 1.27 bits per heavy atom. The molecule has 1 N–H and O–H groups in total. The van der Waals surface area contributed by atoms with Crippen LogP contribution in [0.4, 0.5) is 0 Å². The molecule has 0 radical (unpaired) electrons. The van der Waals surface area contributed by atoms with Crippen LogP contribution in [0.5, 0.6) is 0 Å². The third kappa shape index (κ3) is 1.89. The first-order valence-electron chi connectivity index (χ1n) is 4.49. The van der Waals surface area contributed by atoms with E-state index in [1.54, 1.807) is 0 Å². The van der Waals surface area contributed by atoms with Crippen molar-refractivity contribution in [1.82, 2.24) is 10.2 Å². The molecule has 2 aliphatic heterocycles. The molecular weight excluding hydrogens is 156 g/mol. The first kappa shape index (κ1) is 7.90. The topological polar surface area (TPSA) is 15.3 Å². The van der Waals surface area contributed by atoms with Crippen molar-refractivity contribution in [1.29, 1.82) is 0 Å². The Kier molecular flexibility index (Phi) is 2.72. The van der Waals surface area contributed by atoms with Crippen LogP contribution in [0.25, 0.3) is 0 Å². The Labute approximate surface area is 72.7 Å². The van der Waals surface area contributed by atoms with Crippen molar-refractivity contribution in [2.75, 3.05) is 37.7 Å². The standard InChI is InChI=1S/C8H16N2S/c1-6-11-7-8(1)10-4-2-9-3-5-10/h8-9H,1-7H2/t8-/m1/s1. The monoisotopic (exact) mass is 172 g/mol. The maximum atomic E-state index is 3.39. The molecule has 1 atom stereocenters. The zero-order chi connectivity index (χ0) is 7.52. The maximum Gasteiger partial charge on any atom is 0.0195 e. The highest BCUT2D eigenvalue weighted by Gasteiger charge is 2.23. The Bertz CT molecular complexity index is 117. The van der Waals surface area contributed by atoms with Crippen molar-refractivity contribution in [3.8, 4) is 0 Å². The van der Waals surface area contributed by atoms with E-state index in [9.17, 15) is 0 Å². The summed E-state index contributed by atoms with van der Waals surface area (Å²) in [7, 11) is 0. The molecule has 2 saturated heterocycles. The summed E-state index contributed by atoms with van der Waals surface area (Å²) in [6.07, 6.45) is 1.42. The molecular formula is C8H16N2S. The first-order chi connectivity index (χ1) is 5.47. The number of rotatable bonds is 1. The van der Waals surface area contributed by atoms with Crippen LogP contribution in [0.1, 0.15) is 6.42 Å². The average Bonchev–Trinajstić information content (AvgIpc) is 2.58. The molecule has 0 bridgehead atoms. The number of nitrogens with zero attached hydrogens (tertiary/aromatic N) is 1. The summed E-state index contributed by atoms with van der Waals surface area (Å²) in [4.78, 5) is 2.65. The average molecular weight is 172 g/mol. The van der Waals surface area contributed by atoms with Crippen molar-refractivity contribution in [3.05, 3.63) is 0 Å². The zero-order valence-corrected chi connectivity index (χ0v) is 7.70. The largest absolute Gasteiger partial charge is 0.314 e. The van der Waals surface area contributed by atoms with E-state index in [2.05, 4.69) is 22.0 Å². The summed E-state index contributed by atoms with van der Waals surface area (Å²) in [6.45, 7) is 4.93. The van der Waals surface area contributed by atoms with Crippen LogP contribution in [0.3, 0.4) is 0 Å². The molecule has 64 valence electrons. The van der Waals surface area contributed by atoms with Gasteiger partial charge in [0, 0.05) is 38.0 Å². The van der Waals surface area contributed by atoms with E-state index in [0.717, 1.165) is 6.04 Å². The van der Waals surface area contributed by atoms with Crippen molar-refractivity contribution >= 4 is 11.8 Å². The second-order valence-electron chi connectivity index (χ2n) is 3.30. The molecule has 0 spiro atoms. The fourth-order valence-electron chi connectivity index (χ4n) is 1.86. The molecule has 2 heterocycles. The van der Waals surface area contributed by atoms with Crippen LogP contribution in [0, 0.1) is 0 Å². The quantitative estimate of drug-likeness (QED) is 0.616. The lowest BCUT2D eigenvalue weighted by atomic mass is 10.2. The normalized spacial score (nSPS) is 34.4. The van der Waals surface area contributed by atoms with Crippen molar-refractivity contribution in [3.63, 3.8) is 0 Å². The Balaban J connectivity index is 1.82. The van der Waals surface area contributed by atoms with Gasteiger partial charge >= 0.3 is 0 Å². The van der Waals surface area contributed by atoms with E-state index in [1.165, 1.54) is 44.1 Å². The van der Waals surface area contributed by atoms with Crippen LogP contribution < -0.4 is 5.32 Å². The van der Waals surface area contributed by atoms with Gasteiger partial charge in [-0.1, -0.05) is 0 Å². The van der Waals surface area contributed by atoms with Gasteiger partial charge in [0.2, 0.25) is 0 Å². The fourth-order valence-corrected chi connectivity index (χ4v) is 3.11. The Morgan fingerprint density at radius 3 is 2.73 bits per heavy atom. The molecule has 0 aromatic heterocycles. The van der Waals surface area contributed by atoms with Gasteiger partial charge in [-0.15, -0.1) is 0 Å². The molecule has 0 saturated carbocycles. The molecule has 2 aliphatic rings. The third-order valence-corrected chi connectivity index (χ3v) is 3.72. The molecule has 0 aromatic carbocycles. The van der Waals surface area contributed by atoms with Crippen LogP contribution in [0.15, 0.2) is 0 Å². The highest BCUT2D eigenvalue weighted by Crippen LogP contribution is 2.22. The summed E-state index contributed by atoms with van der Waals surface area (Å²) in [5.41, 5.74) is 0. The van der Waals surface area contributed by atoms with Crippen molar-refractivity contribution in [2.24, 2.45) is 0 Å². The molecule has 11 heavy (non-hydrogen) atoms. The van der Waals surface area contributed by atoms with Gasteiger partial charge in [0.05, 0.1) is 0 Å². The van der Waals surface area contributed by atoms with Crippen LogP contribution >= 0.6 is 11.8 Å². The summed E-state index contributed by atoms with van der Waals surface area (Å²) >= 11 is 2.11. The van der Waals surface area contributed by atoms with Gasteiger partial charge in [0.15, 0.2) is 0 Å². The Morgan fingerprint density at radius 2 is 2.09 bits per heavy atom. The second kappa shape index (κ2) is 3.78. The number of nitrogens with one attached hydrogen (secondary N) is 1. The van der Waals surface area contributed by atoms with Gasteiger partial charge < -0.3 is 5.32 Å². The number of hydrogen-bond acceptors (Lipinski definition) is 3. The fraction of sp³-hybridized carbons (Fsp3) is 1.00. The number of thioether (sulfide) groups is 1. The summed E-state index contributed by atoms with van der Waals surface area (Å²) in [5.74, 6) is 2.76. The molecule has 2 rings (SSSR count). The van der Waals surface area contributed by atoms with Crippen LogP contribution in [-0.2, 0) is 0 Å². The SMILES string of the molecule is C1CN([C@@H]2CCSC2)CCN1. The lowest BCUT2D eigenvalue weighted by Crippen LogP contribution is -2.48. The van der Waals surface area contributed by atoms with Gasteiger partial charge in [-0.25, -0.2) is 0 Å². The second-order valence-corrected chi connectivity index (χ2v) is 4.45. The van der Waals surface area contributed by atoms with E-state index in [4.69, 9.17) is 0 Å². The summed E-state index contributed by atoms with van der Waals surface area (Å²) in [6, 6.07) is 0.905. The zero-order valence-electron chi connectivity index (χ0n) is 6.88. The van der Waals surface area contributed by atoms with Gasteiger partial charge in [0.25, 0.3) is 0 Å². The van der Waals surface area contributed by atoms with E-state index < -0.39 is 0 Å². The highest BCUT2D eigenvalue weighted by molar-refractivity contribution is 7.99. The Hall–Kier alpha value is 0.270. The highest BCUT2D eigenvalue weighted by atomic mass is 32.2. The number of piperazine rings is 1. The third-order valence-electron chi connectivity index (χ3n) is 2.57. The van der Waals surface area contributed by atoms with Crippen molar-refractivity contribution in [2.45, 2.75) is 12.5 Å². The van der Waals surface area contributed by atoms with E-state index in [-0.39, 0.29) is 0 Å². The van der Waals surface area contributed by atoms with Crippen LogP contribution in [0.2, 0.25) is 0 Å². The molecule has 2 nitrogen and oxygen atoms in total. The van der Waals surface area contributed by atoms with Gasteiger partial charge in [-0.05, 0) is 12.2 Å². The van der Waals surface area contributed by atoms with Gasteiger partial charge in [-0.3, -0.25) is 4.90 Å². The minimum absolute atomic E-state index is 0.905. The summed E-state index contributed by atoms with van der Waals surface area (Å²) < 4.78 is 0. The molecule has 0 aromatic rings. The lowest BCUT2D eigenvalue weighted by molar-refractivity contribution is 0.188. The molecule has 0 amide bonds. The lowest BCUT2D eigenvalue weighted by Gasteiger charge is -2.32.